The number of benzene rings is 2. The highest BCUT2D eigenvalue weighted by molar-refractivity contribution is 6.30. The van der Waals surface area contributed by atoms with Gasteiger partial charge in [0.15, 0.2) is 6.10 Å². The van der Waals surface area contributed by atoms with E-state index in [1.54, 1.807) is 38.1 Å². The zero-order valence-electron chi connectivity index (χ0n) is 20.9. The lowest BCUT2D eigenvalue weighted by molar-refractivity contribution is -0.133. The summed E-state index contributed by atoms with van der Waals surface area (Å²) in [6.45, 7) is 7.96. The smallest absolute Gasteiger partial charge is 0.335 e. The Kier molecular flexibility index (Phi) is 8.98. The lowest BCUT2D eigenvalue weighted by Gasteiger charge is -2.37. The van der Waals surface area contributed by atoms with Crippen molar-refractivity contribution in [3.05, 3.63) is 76.0 Å². The number of allylic oxidation sites excluding steroid dienone is 1. The van der Waals surface area contributed by atoms with Gasteiger partial charge in [-0.2, -0.15) is 0 Å². The topological polar surface area (TPSA) is 108 Å². The van der Waals surface area contributed by atoms with Crippen molar-refractivity contribution in [2.75, 3.05) is 13.1 Å². The van der Waals surface area contributed by atoms with Crippen LogP contribution in [0.25, 0.3) is 0 Å². The average molecular weight is 514 g/mol. The molecule has 36 heavy (non-hydrogen) atoms. The van der Waals surface area contributed by atoms with Crippen LogP contribution in [0.1, 0.15) is 57.2 Å². The second-order valence-electron chi connectivity index (χ2n) is 9.05. The molecular formula is C27H32ClN3O5. The van der Waals surface area contributed by atoms with Crippen LogP contribution >= 0.6 is 11.6 Å². The summed E-state index contributed by atoms with van der Waals surface area (Å²) >= 11 is 6.14. The van der Waals surface area contributed by atoms with Gasteiger partial charge in [0.25, 0.3) is 5.91 Å². The highest BCUT2D eigenvalue weighted by Crippen LogP contribution is 2.34. The molecule has 0 saturated carbocycles. The summed E-state index contributed by atoms with van der Waals surface area (Å²) in [7, 11) is 0. The molecule has 192 valence electrons. The van der Waals surface area contributed by atoms with Crippen molar-refractivity contribution in [1.82, 2.24) is 15.5 Å². The molecule has 0 radical (unpaired) electrons. The minimum atomic E-state index is -1.12. The van der Waals surface area contributed by atoms with Crippen molar-refractivity contribution in [2.45, 2.75) is 52.2 Å². The Balaban J connectivity index is 1.61. The molecule has 2 unspecified atom stereocenters. The Bertz CT molecular complexity index is 1150. The number of carbonyl (C=O) groups excluding carboxylic acids is 2. The minimum absolute atomic E-state index is 0.0754. The fraction of sp³-hybridized carbons (Fsp3) is 0.370. The normalized spacial score (nSPS) is 16.6. The van der Waals surface area contributed by atoms with Crippen molar-refractivity contribution in [3.8, 4) is 5.75 Å². The summed E-state index contributed by atoms with van der Waals surface area (Å²) < 4.78 is 5.74. The molecule has 3 amide bonds. The predicted molar refractivity (Wildman–Crippen MR) is 138 cm³/mol. The molecule has 0 spiro atoms. The molecule has 2 atom stereocenters. The van der Waals surface area contributed by atoms with Crippen LogP contribution in [0.15, 0.2) is 59.8 Å². The second-order valence-corrected chi connectivity index (χ2v) is 9.49. The fourth-order valence-corrected chi connectivity index (χ4v) is 4.30. The van der Waals surface area contributed by atoms with Gasteiger partial charge in [-0.05, 0) is 61.6 Å². The molecule has 8 nitrogen and oxygen atoms in total. The van der Waals surface area contributed by atoms with Gasteiger partial charge in [0.2, 0.25) is 0 Å². The third kappa shape index (κ3) is 6.57. The molecule has 0 bridgehead atoms. The number of carboxylic acid groups (broad SMARTS) is 1. The van der Waals surface area contributed by atoms with E-state index < -0.39 is 24.1 Å². The number of urea groups is 1. The van der Waals surface area contributed by atoms with Crippen LogP contribution in [0.2, 0.25) is 5.02 Å². The number of rotatable bonds is 10. The first-order chi connectivity index (χ1) is 17.1. The van der Waals surface area contributed by atoms with Gasteiger partial charge >= 0.3 is 12.0 Å². The molecule has 3 N–H and O–H groups in total. The van der Waals surface area contributed by atoms with Crippen molar-refractivity contribution in [2.24, 2.45) is 0 Å². The molecule has 0 saturated heterocycles. The van der Waals surface area contributed by atoms with Gasteiger partial charge in [-0.1, -0.05) is 49.7 Å². The van der Waals surface area contributed by atoms with E-state index in [-0.39, 0.29) is 30.3 Å². The number of ether oxygens (including phenoxy) is 1. The molecule has 3 rings (SSSR count). The van der Waals surface area contributed by atoms with Gasteiger partial charge < -0.3 is 25.4 Å². The van der Waals surface area contributed by atoms with E-state index in [2.05, 4.69) is 24.5 Å². The number of hydrogen-bond donors (Lipinski definition) is 3. The van der Waals surface area contributed by atoms with E-state index in [1.165, 1.54) is 10.5 Å². The lowest BCUT2D eigenvalue weighted by Crippen LogP contribution is -2.49. The van der Waals surface area contributed by atoms with E-state index in [9.17, 15) is 19.5 Å². The predicted octanol–water partition coefficient (Wildman–Crippen LogP) is 4.86. The average Bonchev–Trinajstić information content (AvgIpc) is 2.82. The maximum Gasteiger partial charge on any atom is 0.335 e. The molecule has 0 aromatic heterocycles. The third-order valence-electron chi connectivity index (χ3n) is 6.04. The van der Waals surface area contributed by atoms with Crippen LogP contribution in [0, 0.1) is 0 Å². The summed E-state index contributed by atoms with van der Waals surface area (Å²) in [5.41, 5.74) is 2.15. The van der Waals surface area contributed by atoms with Crippen LogP contribution in [-0.4, -0.2) is 47.1 Å². The number of halogens is 1. The molecule has 0 fully saturated rings. The van der Waals surface area contributed by atoms with E-state index in [4.69, 9.17) is 16.3 Å². The first kappa shape index (κ1) is 27.1. The maximum absolute atomic E-state index is 12.8. The van der Waals surface area contributed by atoms with Crippen LogP contribution in [-0.2, 0) is 9.59 Å². The summed E-state index contributed by atoms with van der Waals surface area (Å²) in [4.78, 5) is 38.8. The number of nitrogens with one attached hydrogen (secondary N) is 2. The van der Waals surface area contributed by atoms with E-state index in [1.807, 2.05) is 24.3 Å². The minimum Gasteiger partial charge on any atom is -0.481 e. The van der Waals surface area contributed by atoms with Gasteiger partial charge in [-0.25, -0.2) is 9.59 Å². The van der Waals surface area contributed by atoms with Crippen LogP contribution in [0.5, 0.6) is 5.75 Å². The van der Waals surface area contributed by atoms with Gasteiger partial charge in [0, 0.05) is 23.8 Å². The lowest BCUT2D eigenvalue weighted by atomic mass is 9.93. The first-order valence-corrected chi connectivity index (χ1v) is 12.3. The van der Waals surface area contributed by atoms with E-state index >= 15 is 0 Å². The van der Waals surface area contributed by atoms with Gasteiger partial charge in [0.05, 0.1) is 11.6 Å². The molecule has 1 aliphatic rings. The summed E-state index contributed by atoms with van der Waals surface area (Å²) in [5, 5.41) is 15.7. The third-order valence-corrected chi connectivity index (χ3v) is 6.28. The molecule has 2 aromatic rings. The Morgan fingerprint density at radius 2 is 1.86 bits per heavy atom. The number of aliphatic carboxylic acids is 1. The highest BCUT2D eigenvalue weighted by Gasteiger charge is 2.37. The second kappa shape index (κ2) is 11.9. The summed E-state index contributed by atoms with van der Waals surface area (Å²) in [6, 6.07) is 13.2. The first-order valence-electron chi connectivity index (χ1n) is 11.9. The summed E-state index contributed by atoms with van der Waals surface area (Å²) in [6.07, 6.45) is -0.283. The monoisotopic (exact) mass is 513 g/mol. The van der Waals surface area contributed by atoms with Gasteiger partial charge in [-0.15, -0.1) is 0 Å². The quantitative estimate of drug-likeness (QED) is 0.393. The van der Waals surface area contributed by atoms with Crippen LogP contribution in [0.3, 0.4) is 0 Å². The Morgan fingerprint density at radius 3 is 2.47 bits per heavy atom. The standard InChI is InChI=1S/C27H32ClN3O5/c1-16(2)19-9-11-22(12-10-19)36-18(4)25(32)29-13-6-14-31-24(20-7-5-8-21(28)15-20)23(26(33)34)17(3)30-27(31)35/h5,7-12,15-16,18,24H,6,13-14H2,1-4H3,(H,29,32)(H,30,35)(H,33,34). The van der Waals surface area contributed by atoms with Crippen molar-refractivity contribution in [1.29, 1.82) is 0 Å². The highest BCUT2D eigenvalue weighted by atomic mass is 35.5. The number of hydrogen-bond acceptors (Lipinski definition) is 4. The molecule has 1 aliphatic heterocycles. The van der Waals surface area contributed by atoms with Gasteiger partial charge in [0.1, 0.15) is 5.75 Å². The number of nitrogens with zero attached hydrogens (tertiary/aromatic N) is 1. The summed E-state index contributed by atoms with van der Waals surface area (Å²) in [5.74, 6) is -0.381. The van der Waals surface area contributed by atoms with Crippen molar-refractivity contribution >= 4 is 29.5 Å². The molecule has 1 heterocycles. The molecule has 2 aromatic carbocycles. The Morgan fingerprint density at radius 1 is 1.17 bits per heavy atom. The van der Waals surface area contributed by atoms with Crippen molar-refractivity contribution < 1.29 is 24.2 Å². The Labute approximate surface area is 216 Å². The SMILES string of the molecule is CC1=C(C(=O)O)C(c2cccc(Cl)c2)N(CCCNC(=O)C(C)Oc2ccc(C(C)C)cc2)C(=O)N1. The molecule has 0 aliphatic carbocycles. The van der Waals surface area contributed by atoms with Gasteiger partial charge in [-0.3, -0.25) is 4.79 Å². The van der Waals surface area contributed by atoms with E-state index in [0.717, 1.165) is 0 Å². The largest absolute Gasteiger partial charge is 0.481 e. The number of carbonyl (C=O) groups is 3. The number of amides is 3. The zero-order valence-corrected chi connectivity index (χ0v) is 21.6. The maximum atomic E-state index is 12.8. The number of carboxylic acids is 1. The van der Waals surface area contributed by atoms with Crippen molar-refractivity contribution in [3.63, 3.8) is 0 Å². The molecular weight excluding hydrogens is 482 g/mol. The zero-order chi connectivity index (χ0) is 26.4. The Hall–Kier alpha value is -3.52. The van der Waals surface area contributed by atoms with E-state index in [0.29, 0.717) is 28.7 Å². The van der Waals surface area contributed by atoms with Crippen LogP contribution < -0.4 is 15.4 Å². The molecule has 9 heteroatoms. The fourth-order valence-electron chi connectivity index (χ4n) is 4.10. The van der Waals surface area contributed by atoms with Crippen LogP contribution in [0.4, 0.5) is 4.79 Å².